The molecule has 1 saturated carbocycles. The van der Waals surface area contributed by atoms with Crippen molar-refractivity contribution in [2.45, 2.75) is 44.8 Å². The molecule has 9 heteroatoms. The third-order valence-electron chi connectivity index (χ3n) is 5.72. The Morgan fingerprint density at radius 1 is 1.31 bits per heavy atom. The van der Waals surface area contributed by atoms with E-state index in [1.807, 2.05) is 6.92 Å². The van der Waals surface area contributed by atoms with E-state index in [2.05, 4.69) is 10.1 Å². The van der Waals surface area contributed by atoms with Crippen molar-refractivity contribution in [2.75, 3.05) is 19.6 Å². The number of piperidine rings is 1. The molecular formula is C20H28ClF2N3O3. The zero-order chi connectivity index (χ0) is 20.3. The van der Waals surface area contributed by atoms with E-state index in [-0.39, 0.29) is 42.1 Å². The van der Waals surface area contributed by atoms with E-state index >= 15 is 0 Å². The van der Waals surface area contributed by atoms with Crippen LogP contribution in [0.3, 0.4) is 0 Å². The molecule has 1 aliphatic carbocycles. The fourth-order valence-electron chi connectivity index (χ4n) is 3.81. The lowest BCUT2D eigenvalue weighted by atomic mass is 9.91. The van der Waals surface area contributed by atoms with Crippen LogP contribution in [0.15, 0.2) is 24.3 Å². The van der Waals surface area contributed by atoms with Crippen molar-refractivity contribution >= 4 is 24.2 Å². The molecule has 1 aliphatic heterocycles. The molecule has 3 N–H and O–H groups in total. The molecule has 1 saturated heterocycles. The van der Waals surface area contributed by atoms with E-state index in [4.69, 9.17) is 5.73 Å². The van der Waals surface area contributed by atoms with E-state index in [9.17, 15) is 18.4 Å². The normalized spacial score (nSPS) is 21.1. The second-order valence-electron chi connectivity index (χ2n) is 7.85. The van der Waals surface area contributed by atoms with Gasteiger partial charge < -0.3 is 20.7 Å². The minimum Gasteiger partial charge on any atom is -0.434 e. The molecule has 162 valence electrons. The number of para-hydroxylation sites is 1. The third kappa shape index (κ3) is 5.57. The number of hydrogen-bond acceptors (Lipinski definition) is 4. The summed E-state index contributed by atoms with van der Waals surface area (Å²) < 4.78 is 29.7. The Balaban J connectivity index is 0.00000300. The predicted molar refractivity (Wildman–Crippen MR) is 107 cm³/mol. The molecule has 6 nitrogen and oxygen atoms in total. The molecular weight excluding hydrogens is 404 g/mol. The highest BCUT2D eigenvalue weighted by atomic mass is 35.5. The number of carbonyl (C=O) groups excluding carboxylic acids is 2. The first-order valence-electron chi connectivity index (χ1n) is 9.69. The smallest absolute Gasteiger partial charge is 0.387 e. The molecule has 1 aromatic rings. The summed E-state index contributed by atoms with van der Waals surface area (Å²) in [5.74, 6) is -0.600. The van der Waals surface area contributed by atoms with Crippen LogP contribution in [-0.4, -0.2) is 48.5 Å². The summed E-state index contributed by atoms with van der Waals surface area (Å²) in [6, 6.07) is 5.94. The molecule has 0 aromatic heterocycles. The van der Waals surface area contributed by atoms with Crippen LogP contribution >= 0.6 is 12.4 Å². The molecule has 29 heavy (non-hydrogen) atoms. The van der Waals surface area contributed by atoms with Crippen LogP contribution < -0.4 is 15.8 Å². The average molecular weight is 432 g/mol. The van der Waals surface area contributed by atoms with Gasteiger partial charge in [0.15, 0.2) is 0 Å². The average Bonchev–Trinajstić information content (AvgIpc) is 3.53. The van der Waals surface area contributed by atoms with Gasteiger partial charge in [0.25, 0.3) is 5.91 Å². The number of halogens is 3. The largest absolute Gasteiger partial charge is 0.434 e. The Labute approximate surface area is 175 Å². The van der Waals surface area contributed by atoms with E-state index in [1.165, 1.54) is 23.1 Å². The summed E-state index contributed by atoms with van der Waals surface area (Å²) >= 11 is 0. The maximum Gasteiger partial charge on any atom is 0.387 e. The number of rotatable bonds is 7. The number of nitrogens with zero attached hydrogens (tertiary/aromatic N) is 1. The van der Waals surface area contributed by atoms with Gasteiger partial charge in [-0.25, -0.2) is 0 Å². The van der Waals surface area contributed by atoms with Crippen molar-refractivity contribution in [1.29, 1.82) is 0 Å². The Morgan fingerprint density at radius 3 is 2.62 bits per heavy atom. The number of benzene rings is 1. The zero-order valence-corrected chi connectivity index (χ0v) is 17.2. The van der Waals surface area contributed by atoms with Gasteiger partial charge in [-0.15, -0.1) is 12.4 Å². The van der Waals surface area contributed by atoms with Gasteiger partial charge in [0.2, 0.25) is 5.91 Å². The first-order valence-corrected chi connectivity index (χ1v) is 9.69. The molecule has 3 rings (SSSR count). The van der Waals surface area contributed by atoms with E-state index in [1.54, 1.807) is 6.07 Å². The lowest BCUT2D eigenvalue weighted by Crippen LogP contribution is -2.56. The lowest BCUT2D eigenvalue weighted by molar-refractivity contribution is -0.128. The van der Waals surface area contributed by atoms with E-state index < -0.39 is 18.1 Å². The van der Waals surface area contributed by atoms with Crippen molar-refractivity contribution < 1.29 is 23.1 Å². The summed E-state index contributed by atoms with van der Waals surface area (Å²) in [4.78, 5) is 27.2. The van der Waals surface area contributed by atoms with Gasteiger partial charge >= 0.3 is 6.61 Å². The molecule has 1 heterocycles. The van der Waals surface area contributed by atoms with Crippen molar-refractivity contribution in [3.63, 3.8) is 0 Å². The molecule has 2 fully saturated rings. The summed E-state index contributed by atoms with van der Waals surface area (Å²) in [7, 11) is 0. The van der Waals surface area contributed by atoms with Gasteiger partial charge in [0.05, 0.1) is 17.0 Å². The standard InChI is InChI=1S/C20H27F2N3O3.ClH/c1-20(12-23,14-8-9-14)24-17(26)13-5-4-10-25(11-13)18(27)15-6-2-3-7-16(15)28-19(21)22;/h2-3,6-7,13-14,19H,4-5,8-12,23H2,1H3,(H,24,26);1H. The van der Waals surface area contributed by atoms with Crippen LogP contribution in [0.25, 0.3) is 0 Å². The Bertz CT molecular complexity index is 733. The first-order chi connectivity index (χ1) is 13.3. The summed E-state index contributed by atoms with van der Waals surface area (Å²) in [5, 5.41) is 3.09. The van der Waals surface area contributed by atoms with Gasteiger partial charge in [-0.1, -0.05) is 12.1 Å². The first kappa shape index (κ1) is 23.3. The Kier molecular flexibility index (Phi) is 7.82. The van der Waals surface area contributed by atoms with Crippen LogP contribution in [0, 0.1) is 11.8 Å². The number of nitrogens with one attached hydrogen (secondary N) is 1. The number of alkyl halides is 2. The van der Waals surface area contributed by atoms with Gasteiger partial charge in [-0.05, 0) is 50.7 Å². The maximum atomic E-state index is 12.9. The van der Waals surface area contributed by atoms with Crippen molar-refractivity contribution in [1.82, 2.24) is 10.2 Å². The third-order valence-corrected chi connectivity index (χ3v) is 5.72. The number of ether oxygens (including phenoxy) is 1. The number of hydrogen-bond donors (Lipinski definition) is 2. The van der Waals surface area contributed by atoms with Gasteiger partial charge in [0, 0.05) is 19.6 Å². The van der Waals surface area contributed by atoms with Gasteiger partial charge in [0.1, 0.15) is 5.75 Å². The van der Waals surface area contributed by atoms with Crippen molar-refractivity contribution in [2.24, 2.45) is 17.6 Å². The molecule has 0 bridgehead atoms. The SMILES string of the molecule is CC(CN)(NC(=O)C1CCCN(C(=O)c2ccccc2OC(F)F)C1)C1CC1.Cl. The fraction of sp³-hybridized carbons (Fsp3) is 0.600. The van der Waals surface area contributed by atoms with Crippen LogP contribution in [0.4, 0.5) is 8.78 Å². The predicted octanol–water partition coefficient (Wildman–Crippen LogP) is 2.81. The highest BCUT2D eigenvalue weighted by molar-refractivity contribution is 5.97. The molecule has 0 spiro atoms. The van der Waals surface area contributed by atoms with Crippen LogP contribution in [0.1, 0.15) is 43.0 Å². The molecule has 2 amide bonds. The summed E-state index contributed by atoms with van der Waals surface area (Å²) in [6.07, 6.45) is 3.47. The minimum absolute atomic E-state index is 0. The summed E-state index contributed by atoms with van der Waals surface area (Å²) in [5.41, 5.74) is 5.54. The quantitative estimate of drug-likeness (QED) is 0.695. The highest BCUT2D eigenvalue weighted by Crippen LogP contribution is 2.39. The van der Waals surface area contributed by atoms with Crippen LogP contribution in [0.2, 0.25) is 0 Å². The van der Waals surface area contributed by atoms with Crippen molar-refractivity contribution in [3.05, 3.63) is 29.8 Å². The van der Waals surface area contributed by atoms with Crippen LogP contribution in [0.5, 0.6) is 5.75 Å². The van der Waals surface area contributed by atoms with Gasteiger partial charge in [-0.2, -0.15) is 8.78 Å². The fourth-order valence-corrected chi connectivity index (χ4v) is 3.81. The lowest BCUT2D eigenvalue weighted by Gasteiger charge is -2.36. The topological polar surface area (TPSA) is 84.7 Å². The second-order valence-corrected chi connectivity index (χ2v) is 7.85. The van der Waals surface area contributed by atoms with E-state index in [0.717, 1.165) is 12.8 Å². The zero-order valence-electron chi connectivity index (χ0n) is 16.4. The number of carbonyl (C=O) groups is 2. The summed E-state index contributed by atoms with van der Waals surface area (Å²) in [6.45, 7) is 0.0512. The highest BCUT2D eigenvalue weighted by Gasteiger charge is 2.43. The van der Waals surface area contributed by atoms with Crippen molar-refractivity contribution in [3.8, 4) is 5.75 Å². The molecule has 0 radical (unpaired) electrons. The molecule has 2 aliphatic rings. The number of nitrogens with two attached hydrogens (primary N) is 1. The number of amides is 2. The monoisotopic (exact) mass is 431 g/mol. The van der Waals surface area contributed by atoms with Gasteiger partial charge in [-0.3, -0.25) is 9.59 Å². The molecule has 2 atom stereocenters. The second kappa shape index (κ2) is 9.71. The van der Waals surface area contributed by atoms with E-state index in [0.29, 0.717) is 31.8 Å². The molecule has 2 unspecified atom stereocenters. The Hall–Kier alpha value is -1.93. The minimum atomic E-state index is -3.01. The Morgan fingerprint density at radius 2 is 2.00 bits per heavy atom. The maximum absolute atomic E-state index is 12.9. The van der Waals surface area contributed by atoms with Crippen LogP contribution in [-0.2, 0) is 4.79 Å². The molecule has 1 aromatic carbocycles. The number of likely N-dealkylation sites (tertiary alicyclic amines) is 1.